The number of halogens is 4. The second-order valence-electron chi connectivity index (χ2n) is 4.13. The van der Waals surface area contributed by atoms with E-state index < -0.39 is 4.92 Å². The van der Waals surface area contributed by atoms with Crippen LogP contribution in [0.4, 0.5) is 11.4 Å². The van der Waals surface area contributed by atoms with Crippen LogP contribution in [0.1, 0.15) is 5.56 Å². The lowest BCUT2D eigenvalue weighted by molar-refractivity contribution is -0.385. The van der Waals surface area contributed by atoms with E-state index >= 15 is 0 Å². The van der Waals surface area contributed by atoms with Gasteiger partial charge in [-0.05, 0) is 49.6 Å². The summed E-state index contributed by atoms with van der Waals surface area (Å²) in [6.45, 7) is 0.463. The van der Waals surface area contributed by atoms with E-state index in [1.165, 1.54) is 12.1 Å². The van der Waals surface area contributed by atoms with Crippen molar-refractivity contribution in [2.75, 3.05) is 5.32 Å². The van der Waals surface area contributed by atoms with Gasteiger partial charge in [0, 0.05) is 37.7 Å². The van der Waals surface area contributed by atoms with Crippen molar-refractivity contribution in [3.05, 3.63) is 65.0 Å². The Kier molecular flexibility index (Phi) is 5.48. The number of nitro benzene ring substituents is 1. The highest BCUT2D eigenvalue weighted by Crippen LogP contribution is 2.35. The first-order valence-corrected chi connectivity index (χ1v) is 8.04. The predicted molar refractivity (Wildman–Crippen MR) is 92.3 cm³/mol. The van der Waals surface area contributed by atoms with Crippen molar-refractivity contribution >= 4 is 66.4 Å². The average Bonchev–Trinajstić information content (AvgIpc) is 2.39. The molecule has 110 valence electrons. The molecule has 0 aromatic heterocycles. The maximum absolute atomic E-state index is 10.8. The van der Waals surface area contributed by atoms with Crippen LogP contribution in [0, 0.1) is 10.1 Å². The number of nitrogens with zero attached hydrogens (tertiary/aromatic N) is 1. The van der Waals surface area contributed by atoms with Gasteiger partial charge in [0.2, 0.25) is 0 Å². The molecular formula is C13H8Br2Cl2N2O2. The van der Waals surface area contributed by atoms with Crippen molar-refractivity contribution in [2.45, 2.75) is 6.54 Å². The summed E-state index contributed by atoms with van der Waals surface area (Å²) in [6, 6.07) is 8.13. The van der Waals surface area contributed by atoms with E-state index in [2.05, 4.69) is 37.2 Å². The van der Waals surface area contributed by atoms with Gasteiger partial charge in [-0.2, -0.15) is 0 Å². The summed E-state index contributed by atoms with van der Waals surface area (Å²) in [4.78, 5) is 10.3. The molecule has 0 spiro atoms. The number of anilines is 1. The third-order valence-corrected chi connectivity index (χ3v) is 4.55. The lowest BCUT2D eigenvalue weighted by Crippen LogP contribution is -2.02. The fourth-order valence-electron chi connectivity index (χ4n) is 1.68. The molecule has 0 unspecified atom stereocenters. The maximum atomic E-state index is 10.8. The highest BCUT2D eigenvalue weighted by molar-refractivity contribution is 9.11. The van der Waals surface area contributed by atoms with Gasteiger partial charge in [-0.1, -0.05) is 29.3 Å². The molecule has 4 nitrogen and oxygen atoms in total. The number of non-ortho nitro benzene ring substituents is 1. The molecular weight excluding hydrogens is 447 g/mol. The number of benzene rings is 2. The topological polar surface area (TPSA) is 55.2 Å². The summed E-state index contributed by atoms with van der Waals surface area (Å²) in [6.07, 6.45) is 0. The molecule has 0 aliphatic carbocycles. The van der Waals surface area contributed by atoms with Crippen molar-refractivity contribution in [1.82, 2.24) is 0 Å². The van der Waals surface area contributed by atoms with E-state index in [9.17, 15) is 10.1 Å². The second kappa shape index (κ2) is 6.96. The molecule has 2 aromatic carbocycles. The summed E-state index contributed by atoms with van der Waals surface area (Å²) >= 11 is 18.6. The lowest BCUT2D eigenvalue weighted by atomic mass is 10.2. The Morgan fingerprint density at radius 3 is 2.29 bits per heavy atom. The molecule has 0 saturated heterocycles. The zero-order chi connectivity index (χ0) is 15.6. The third kappa shape index (κ3) is 4.10. The molecule has 1 N–H and O–H groups in total. The molecule has 2 aromatic rings. The van der Waals surface area contributed by atoms with E-state index in [4.69, 9.17) is 23.2 Å². The number of nitro groups is 1. The third-order valence-electron chi connectivity index (χ3n) is 2.71. The Labute approximate surface area is 147 Å². The molecule has 2 rings (SSSR count). The quantitative estimate of drug-likeness (QED) is 0.452. The Morgan fingerprint density at radius 1 is 1.14 bits per heavy atom. The SMILES string of the molecule is O=[N+]([O-])c1cc(Br)c(NCc2ccc(Cl)cc2Cl)c(Br)c1. The van der Waals surface area contributed by atoms with Crippen LogP contribution in [0.5, 0.6) is 0 Å². The number of nitrogens with one attached hydrogen (secondary N) is 1. The van der Waals surface area contributed by atoms with Gasteiger partial charge in [-0.25, -0.2) is 0 Å². The van der Waals surface area contributed by atoms with E-state index in [1.807, 2.05) is 6.07 Å². The molecule has 0 fully saturated rings. The molecule has 0 aliphatic heterocycles. The van der Waals surface area contributed by atoms with Crippen LogP contribution in [0.2, 0.25) is 10.0 Å². The summed E-state index contributed by atoms with van der Waals surface area (Å²) in [5.41, 5.74) is 1.59. The first-order chi connectivity index (χ1) is 9.88. The van der Waals surface area contributed by atoms with Crippen LogP contribution in [-0.2, 0) is 6.54 Å². The van der Waals surface area contributed by atoms with Gasteiger partial charge in [0.05, 0.1) is 10.6 Å². The highest BCUT2D eigenvalue weighted by Gasteiger charge is 2.14. The predicted octanol–water partition coefficient (Wildman–Crippen LogP) is 6.04. The first-order valence-electron chi connectivity index (χ1n) is 5.69. The van der Waals surface area contributed by atoms with Gasteiger partial charge in [0.15, 0.2) is 0 Å². The lowest BCUT2D eigenvalue weighted by Gasteiger charge is -2.12. The zero-order valence-corrected chi connectivity index (χ0v) is 15.1. The van der Waals surface area contributed by atoms with Crippen molar-refractivity contribution in [2.24, 2.45) is 0 Å². The highest BCUT2D eigenvalue weighted by atomic mass is 79.9. The van der Waals surface area contributed by atoms with Crippen molar-refractivity contribution in [3.8, 4) is 0 Å². The van der Waals surface area contributed by atoms with Crippen LogP contribution in [0.3, 0.4) is 0 Å². The van der Waals surface area contributed by atoms with Gasteiger partial charge in [-0.15, -0.1) is 0 Å². The fourth-order valence-corrected chi connectivity index (χ4v) is 3.60. The van der Waals surface area contributed by atoms with Crippen molar-refractivity contribution in [3.63, 3.8) is 0 Å². The average molecular weight is 455 g/mol. The first kappa shape index (κ1) is 16.5. The zero-order valence-electron chi connectivity index (χ0n) is 10.4. The minimum absolute atomic E-state index is 0.00354. The molecule has 0 atom stereocenters. The number of hydrogen-bond donors (Lipinski definition) is 1. The Bertz CT molecular complexity index is 688. The second-order valence-corrected chi connectivity index (χ2v) is 6.68. The summed E-state index contributed by atoms with van der Waals surface area (Å²) < 4.78 is 1.18. The molecule has 0 heterocycles. The van der Waals surface area contributed by atoms with Crippen molar-refractivity contribution in [1.29, 1.82) is 0 Å². The summed E-state index contributed by atoms with van der Waals surface area (Å²) in [5.74, 6) is 0. The van der Waals surface area contributed by atoms with Gasteiger partial charge in [0.25, 0.3) is 5.69 Å². The van der Waals surface area contributed by atoms with Gasteiger partial charge in [0.1, 0.15) is 0 Å². The molecule has 0 aliphatic rings. The molecule has 8 heteroatoms. The minimum atomic E-state index is -0.449. The van der Waals surface area contributed by atoms with Crippen LogP contribution < -0.4 is 5.32 Å². The van der Waals surface area contributed by atoms with E-state index in [1.54, 1.807) is 12.1 Å². The van der Waals surface area contributed by atoms with E-state index in [-0.39, 0.29) is 5.69 Å². The van der Waals surface area contributed by atoms with Crippen LogP contribution >= 0.6 is 55.1 Å². The molecule has 21 heavy (non-hydrogen) atoms. The van der Waals surface area contributed by atoms with Gasteiger partial charge in [-0.3, -0.25) is 10.1 Å². The number of rotatable bonds is 4. The van der Waals surface area contributed by atoms with Gasteiger partial charge >= 0.3 is 0 Å². The smallest absolute Gasteiger partial charge is 0.271 e. The Balaban J connectivity index is 2.22. The Morgan fingerprint density at radius 2 is 1.76 bits per heavy atom. The van der Waals surface area contributed by atoms with Crippen molar-refractivity contribution < 1.29 is 4.92 Å². The van der Waals surface area contributed by atoms with Crippen LogP contribution in [0.25, 0.3) is 0 Å². The standard InChI is InChI=1S/C13H8Br2Cl2N2O2/c14-10-4-9(19(20)21)5-11(15)13(10)18-6-7-1-2-8(16)3-12(7)17/h1-5,18H,6H2. The Hall–Kier alpha value is -0.820. The monoisotopic (exact) mass is 452 g/mol. The summed E-state index contributed by atoms with van der Waals surface area (Å²) in [5, 5.41) is 15.1. The van der Waals surface area contributed by atoms with Crippen LogP contribution in [0.15, 0.2) is 39.3 Å². The van der Waals surface area contributed by atoms with Gasteiger partial charge < -0.3 is 5.32 Å². The normalized spacial score (nSPS) is 10.5. The molecule has 0 saturated carbocycles. The minimum Gasteiger partial charge on any atom is -0.379 e. The largest absolute Gasteiger partial charge is 0.379 e. The van der Waals surface area contributed by atoms with E-state index in [0.717, 1.165) is 5.56 Å². The van der Waals surface area contributed by atoms with Crippen LogP contribution in [-0.4, -0.2) is 4.92 Å². The van der Waals surface area contributed by atoms with E-state index in [0.29, 0.717) is 31.2 Å². The molecule has 0 bridgehead atoms. The molecule has 0 radical (unpaired) electrons. The summed E-state index contributed by atoms with van der Waals surface area (Å²) in [7, 11) is 0. The number of hydrogen-bond acceptors (Lipinski definition) is 3. The molecule has 0 amide bonds. The fraction of sp³-hybridized carbons (Fsp3) is 0.0769. The maximum Gasteiger partial charge on any atom is 0.271 e.